The standard InChI is InChI=1S/C22H25N3O6S/c1-12-14(10-23)21(32-19(12)22(26)29-8-7-27-3)24-20-16-13(5-6-25(20)2)9-15-17(18(16)28-4)31-11-30-15/h9,20,24H,5-8,11H2,1-4H3. The van der Waals surface area contributed by atoms with Crippen LogP contribution in [0.15, 0.2) is 6.07 Å². The van der Waals surface area contributed by atoms with Crippen LogP contribution in [0.25, 0.3) is 0 Å². The Balaban J connectivity index is 1.70. The second kappa shape index (κ2) is 9.24. The van der Waals surface area contributed by atoms with Crippen molar-refractivity contribution in [3.05, 3.63) is 33.2 Å². The van der Waals surface area contributed by atoms with Gasteiger partial charge in [-0.15, -0.1) is 11.3 Å². The van der Waals surface area contributed by atoms with Crippen molar-refractivity contribution < 1.29 is 28.5 Å². The fraction of sp³-hybridized carbons (Fsp3) is 0.455. The Kier molecular flexibility index (Phi) is 6.41. The van der Waals surface area contributed by atoms with Crippen molar-refractivity contribution in [3.63, 3.8) is 0 Å². The van der Waals surface area contributed by atoms with Gasteiger partial charge in [-0.25, -0.2) is 4.79 Å². The molecule has 9 nitrogen and oxygen atoms in total. The average Bonchev–Trinajstić information content (AvgIpc) is 3.38. The van der Waals surface area contributed by atoms with E-state index in [1.165, 1.54) is 11.3 Å². The maximum absolute atomic E-state index is 12.5. The fourth-order valence-electron chi connectivity index (χ4n) is 3.97. The minimum absolute atomic E-state index is 0.153. The van der Waals surface area contributed by atoms with Crippen molar-refractivity contribution in [2.24, 2.45) is 0 Å². The Hall–Kier alpha value is -3.00. The molecule has 1 atom stereocenters. The lowest BCUT2D eigenvalue weighted by Crippen LogP contribution is -2.37. The summed E-state index contributed by atoms with van der Waals surface area (Å²) in [5.74, 6) is 1.41. The van der Waals surface area contributed by atoms with Crippen LogP contribution in [0.4, 0.5) is 5.00 Å². The van der Waals surface area contributed by atoms with Gasteiger partial charge in [-0.1, -0.05) is 0 Å². The first-order valence-electron chi connectivity index (χ1n) is 10.2. The van der Waals surface area contributed by atoms with Crippen molar-refractivity contribution in [2.75, 3.05) is 53.1 Å². The molecule has 0 saturated carbocycles. The maximum atomic E-state index is 12.5. The van der Waals surface area contributed by atoms with E-state index in [1.54, 1.807) is 21.1 Å². The van der Waals surface area contributed by atoms with Crippen LogP contribution < -0.4 is 19.5 Å². The Morgan fingerprint density at radius 3 is 2.91 bits per heavy atom. The highest BCUT2D eigenvalue weighted by Gasteiger charge is 2.35. The van der Waals surface area contributed by atoms with Crippen LogP contribution >= 0.6 is 11.3 Å². The number of carbonyl (C=O) groups excluding carboxylic acids is 1. The maximum Gasteiger partial charge on any atom is 0.348 e. The lowest BCUT2D eigenvalue weighted by atomic mass is 9.95. The quantitative estimate of drug-likeness (QED) is 0.494. The molecule has 1 aromatic carbocycles. The molecule has 0 radical (unpaired) electrons. The van der Waals surface area contributed by atoms with E-state index < -0.39 is 5.97 Å². The van der Waals surface area contributed by atoms with Gasteiger partial charge in [0.2, 0.25) is 12.5 Å². The molecule has 10 heteroatoms. The predicted octanol–water partition coefficient (Wildman–Crippen LogP) is 3.07. The highest BCUT2D eigenvalue weighted by Crippen LogP contribution is 2.50. The Labute approximate surface area is 190 Å². The summed E-state index contributed by atoms with van der Waals surface area (Å²) < 4.78 is 27.2. The zero-order valence-corrected chi connectivity index (χ0v) is 19.3. The largest absolute Gasteiger partial charge is 0.492 e. The smallest absolute Gasteiger partial charge is 0.348 e. The van der Waals surface area contributed by atoms with Crippen LogP contribution in [-0.2, 0) is 15.9 Å². The number of nitrogens with zero attached hydrogens (tertiary/aromatic N) is 2. The molecule has 170 valence electrons. The van der Waals surface area contributed by atoms with Gasteiger partial charge in [0.15, 0.2) is 11.5 Å². The molecule has 2 aliphatic rings. The fourth-order valence-corrected chi connectivity index (χ4v) is 5.04. The Morgan fingerprint density at radius 1 is 1.38 bits per heavy atom. The van der Waals surface area contributed by atoms with E-state index >= 15 is 0 Å². The third kappa shape index (κ3) is 3.83. The summed E-state index contributed by atoms with van der Waals surface area (Å²) in [4.78, 5) is 15.1. The molecule has 0 aliphatic carbocycles. The van der Waals surface area contributed by atoms with Crippen molar-refractivity contribution in [3.8, 4) is 23.3 Å². The third-order valence-electron chi connectivity index (χ3n) is 5.63. The first-order valence-corrected chi connectivity index (χ1v) is 11.0. The molecule has 0 saturated heterocycles. The van der Waals surface area contributed by atoms with Crippen LogP contribution in [-0.4, -0.2) is 58.7 Å². The summed E-state index contributed by atoms with van der Waals surface area (Å²) in [6.07, 6.45) is 0.536. The van der Waals surface area contributed by atoms with Crippen molar-refractivity contribution in [2.45, 2.75) is 19.5 Å². The highest BCUT2D eigenvalue weighted by molar-refractivity contribution is 7.18. The molecule has 1 aromatic heterocycles. The van der Waals surface area contributed by atoms with Crippen LogP contribution in [0.3, 0.4) is 0 Å². The number of nitrogens with one attached hydrogen (secondary N) is 1. The average molecular weight is 460 g/mol. The second-order valence-corrected chi connectivity index (χ2v) is 8.52. The van der Waals surface area contributed by atoms with Crippen molar-refractivity contribution >= 4 is 22.3 Å². The first kappa shape index (κ1) is 22.2. The van der Waals surface area contributed by atoms with Gasteiger partial charge in [-0.05, 0) is 37.6 Å². The van der Waals surface area contributed by atoms with Crippen molar-refractivity contribution in [1.29, 1.82) is 5.26 Å². The number of thiophene rings is 1. The molecule has 0 fully saturated rings. The number of fused-ring (bicyclic) bond motifs is 2. The molecular weight excluding hydrogens is 434 g/mol. The molecule has 0 bridgehead atoms. The van der Waals surface area contributed by atoms with Gasteiger partial charge >= 0.3 is 5.97 Å². The number of carbonyl (C=O) groups is 1. The lowest BCUT2D eigenvalue weighted by Gasteiger charge is -2.36. The number of likely N-dealkylation sites (N-methyl/N-ethyl adjacent to an activating group) is 1. The summed E-state index contributed by atoms with van der Waals surface area (Å²) in [5.41, 5.74) is 3.05. The predicted molar refractivity (Wildman–Crippen MR) is 118 cm³/mol. The number of esters is 1. The second-order valence-electron chi connectivity index (χ2n) is 7.49. The molecule has 4 rings (SSSR count). The number of ether oxygens (including phenoxy) is 5. The molecule has 32 heavy (non-hydrogen) atoms. The van der Waals surface area contributed by atoms with Gasteiger partial charge in [0.25, 0.3) is 0 Å². The van der Waals surface area contributed by atoms with E-state index in [-0.39, 0.29) is 19.6 Å². The van der Waals surface area contributed by atoms with E-state index in [2.05, 4.69) is 16.3 Å². The van der Waals surface area contributed by atoms with Gasteiger partial charge < -0.3 is 29.0 Å². The Morgan fingerprint density at radius 2 is 2.19 bits per heavy atom. The minimum atomic E-state index is -0.465. The number of rotatable bonds is 7. The minimum Gasteiger partial charge on any atom is -0.492 e. The Bertz CT molecular complexity index is 1080. The van der Waals surface area contributed by atoms with Gasteiger partial charge in [-0.3, -0.25) is 4.90 Å². The molecule has 1 unspecified atom stereocenters. The van der Waals surface area contributed by atoms with E-state index in [0.29, 0.717) is 44.9 Å². The van der Waals surface area contributed by atoms with E-state index in [0.717, 1.165) is 24.1 Å². The van der Waals surface area contributed by atoms with Gasteiger partial charge in [-0.2, -0.15) is 5.26 Å². The first-order chi connectivity index (χ1) is 15.5. The van der Waals surface area contributed by atoms with Crippen molar-refractivity contribution in [1.82, 2.24) is 4.90 Å². The van der Waals surface area contributed by atoms with Gasteiger partial charge in [0.1, 0.15) is 28.7 Å². The monoisotopic (exact) mass is 459 g/mol. The number of hydrogen-bond donors (Lipinski definition) is 1. The van der Waals surface area contributed by atoms with Crippen LogP contribution in [0.2, 0.25) is 0 Å². The molecule has 2 aromatic rings. The summed E-state index contributed by atoms with van der Waals surface area (Å²) in [6.45, 7) is 3.17. The van der Waals surface area contributed by atoms with Gasteiger partial charge in [0, 0.05) is 19.2 Å². The SMILES string of the molecule is COCCOC(=O)c1sc(NC2c3c(cc4c(c3OC)OCO4)CCN2C)c(C#N)c1C. The van der Waals surface area contributed by atoms with E-state index in [1.807, 2.05) is 13.1 Å². The third-order valence-corrected chi connectivity index (χ3v) is 6.83. The molecule has 3 heterocycles. The number of nitriles is 1. The number of methoxy groups -OCH3 is 2. The van der Waals surface area contributed by atoms with E-state index in [4.69, 9.17) is 23.7 Å². The number of anilines is 1. The summed E-state index contributed by atoms with van der Waals surface area (Å²) in [6, 6.07) is 4.22. The number of hydrogen-bond acceptors (Lipinski definition) is 10. The molecular formula is C22H25N3O6S. The normalized spacial score (nSPS) is 16.9. The highest BCUT2D eigenvalue weighted by atomic mass is 32.1. The van der Waals surface area contributed by atoms with Gasteiger partial charge in [0.05, 0.1) is 19.3 Å². The van der Waals surface area contributed by atoms with E-state index in [9.17, 15) is 10.1 Å². The zero-order chi connectivity index (χ0) is 22.8. The van der Waals surface area contributed by atoms with Crippen LogP contribution in [0.5, 0.6) is 17.2 Å². The van der Waals surface area contributed by atoms with Crippen LogP contribution in [0.1, 0.15) is 38.1 Å². The molecule has 0 spiro atoms. The summed E-state index contributed by atoms with van der Waals surface area (Å²) >= 11 is 1.21. The molecule has 2 aliphatic heterocycles. The lowest BCUT2D eigenvalue weighted by molar-refractivity contribution is 0.0392. The molecule has 0 amide bonds. The van der Waals surface area contributed by atoms with Crippen LogP contribution in [0, 0.1) is 18.3 Å². The molecule has 1 N–H and O–H groups in total. The topological polar surface area (TPSA) is 102 Å². The summed E-state index contributed by atoms with van der Waals surface area (Å²) in [5, 5.41) is 13.9. The zero-order valence-electron chi connectivity index (χ0n) is 18.4. The summed E-state index contributed by atoms with van der Waals surface area (Å²) in [7, 11) is 5.14. The number of benzene rings is 1.